The smallest absolute Gasteiger partial charge is 0.320 e. The average Bonchev–Trinajstić information content (AvgIpc) is 2.89. The Kier molecular flexibility index (Phi) is 5.47. The molecular weight excluding hydrogens is 288 g/mol. The summed E-state index contributed by atoms with van der Waals surface area (Å²) in [5.41, 5.74) is 2.50. The number of aliphatic carboxylic acids is 1. The van der Waals surface area contributed by atoms with Gasteiger partial charge >= 0.3 is 5.97 Å². The molecule has 2 rings (SSSR count). The summed E-state index contributed by atoms with van der Waals surface area (Å²) >= 11 is 0. The number of hydrogen-bond donors (Lipinski definition) is 2. The third kappa shape index (κ3) is 4.58. The first kappa shape index (κ1) is 17.5. The van der Waals surface area contributed by atoms with Gasteiger partial charge in [0.25, 0.3) is 0 Å². The fourth-order valence-electron chi connectivity index (χ4n) is 2.84. The molecule has 0 aliphatic heterocycles. The molecule has 0 bridgehead atoms. The van der Waals surface area contributed by atoms with E-state index in [0.717, 1.165) is 18.5 Å². The zero-order valence-corrected chi connectivity index (χ0v) is 14.6. The fourth-order valence-corrected chi connectivity index (χ4v) is 2.84. The first-order valence-electron chi connectivity index (χ1n) is 8.35. The van der Waals surface area contributed by atoms with Crippen LogP contribution in [0.2, 0.25) is 0 Å². The molecule has 0 amide bonds. The lowest BCUT2D eigenvalue weighted by Crippen LogP contribution is -2.37. The Labute approximate surface area is 138 Å². The summed E-state index contributed by atoms with van der Waals surface area (Å²) in [6.45, 7) is 10.0. The van der Waals surface area contributed by atoms with E-state index < -0.39 is 12.0 Å². The standard InChI is InChI=1S/C19H28N2O2/c1-5-21-12-10-15-14(7-6-8-17(15)21)13-20-16(18(22)23)9-11-19(2,3)4/h6-8,10,12,16,20H,5,9,11,13H2,1-4H3,(H,22,23). The number of nitrogens with zero attached hydrogens (tertiary/aromatic N) is 1. The summed E-state index contributed by atoms with van der Waals surface area (Å²) in [4.78, 5) is 11.5. The molecule has 2 N–H and O–H groups in total. The molecule has 0 aliphatic rings. The second kappa shape index (κ2) is 7.18. The maximum Gasteiger partial charge on any atom is 0.320 e. The van der Waals surface area contributed by atoms with Crippen LogP contribution < -0.4 is 5.32 Å². The van der Waals surface area contributed by atoms with Crippen molar-refractivity contribution in [2.75, 3.05) is 0 Å². The van der Waals surface area contributed by atoms with Crippen LogP contribution in [-0.4, -0.2) is 21.7 Å². The highest BCUT2D eigenvalue weighted by molar-refractivity contribution is 5.83. The summed E-state index contributed by atoms with van der Waals surface area (Å²) in [6.07, 6.45) is 3.61. The monoisotopic (exact) mass is 316 g/mol. The largest absolute Gasteiger partial charge is 0.480 e. The third-order valence-corrected chi connectivity index (χ3v) is 4.26. The number of hydrogen-bond acceptors (Lipinski definition) is 2. The molecule has 0 fully saturated rings. The molecule has 0 radical (unpaired) electrons. The van der Waals surface area contributed by atoms with E-state index in [1.54, 1.807) is 0 Å². The van der Waals surface area contributed by atoms with Crippen LogP contribution in [0.25, 0.3) is 10.9 Å². The number of aryl methyl sites for hydroxylation is 1. The molecule has 1 aromatic carbocycles. The second-order valence-electron chi connectivity index (χ2n) is 7.32. The molecule has 4 heteroatoms. The van der Waals surface area contributed by atoms with Crippen LogP contribution in [0.1, 0.15) is 46.1 Å². The van der Waals surface area contributed by atoms with Crippen molar-refractivity contribution in [3.05, 3.63) is 36.0 Å². The third-order valence-electron chi connectivity index (χ3n) is 4.26. The van der Waals surface area contributed by atoms with Crippen molar-refractivity contribution in [3.8, 4) is 0 Å². The number of benzene rings is 1. The minimum Gasteiger partial charge on any atom is -0.480 e. The van der Waals surface area contributed by atoms with Gasteiger partial charge in [0.1, 0.15) is 6.04 Å². The maximum atomic E-state index is 11.5. The van der Waals surface area contributed by atoms with Gasteiger partial charge in [0, 0.05) is 30.2 Å². The summed E-state index contributed by atoms with van der Waals surface area (Å²) in [6, 6.07) is 7.82. The predicted molar refractivity (Wildman–Crippen MR) is 94.6 cm³/mol. The van der Waals surface area contributed by atoms with Gasteiger partial charge in [-0.25, -0.2) is 0 Å². The van der Waals surface area contributed by atoms with Crippen LogP contribution in [0.3, 0.4) is 0 Å². The minimum atomic E-state index is -0.771. The van der Waals surface area contributed by atoms with Gasteiger partial charge in [0.2, 0.25) is 0 Å². The average molecular weight is 316 g/mol. The van der Waals surface area contributed by atoms with Gasteiger partial charge in [0.15, 0.2) is 0 Å². The van der Waals surface area contributed by atoms with Crippen molar-refractivity contribution in [2.24, 2.45) is 5.41 Å². The van der Waals surface area contributed by atoms with E-state index in [1.165, 1.54) is 10.9 Å². The van der Waals surface area contributed by atoms with E-state index >= 15 is 0 Å². The fraction of sp³-hybridized carbons (Fsp3) is 0.526. The highest BCUT2D eigenvalue weighted by Crippen LogP contribution is 2.23. The topological polar surface area (TPSA) is 54.3 Å². The Morgan fingerprint density at radius 2 is 2.04 bits per heavy atom. The van der Waals surface area contributed by atoms with Crippen molar-refractivity contribution in [3.63, 3.8) is 0 Å². The molecule has 1 aromatic heterocycles. The molecule has 0 aliphatic carbocycles. The Morgan fingerprint density at radius 1 is 1.30 bits per heavy atom. The van der Waals surface area contributed by atoms with Crippen molar-refractivity contribution in [1.82, 2.24) is 9.88 Å². The zero-order chi connectivity index (χ0) is 17.0. The van der Waals surface area contributed by atoms with Crippen LogP contribution in [0.4, 0.5) is 0 Å². The second-order valence-corrected chi connectivity index (χ2v) is 7.32. The molecular formula is C19H28N2O2. The number of nitrogens with one attached hydrogen (secondary N) is 1. The summed E-state index contributed by atoms with van der Waals surface area (Å²) in [7, 11) is 0. The normalized spacial score (nSPS) is 13.4. The van der Waals surface area contributed by atoms with Crippen LogP contribution in [-0.2, 0) is 17.9 Å². The Morgan fingerprint density at radius 3 is 2.65 bits per heavy atom. The van der Waals surface area contributed by atoms with E-state index in [2.05, 4.69) is 62.0 Å². The first-order chi connectivity index (χ1) is 10.8. The van der Waals surface area contributed by atoms with E-state index in [-0.39, 0.29) is 5.41 Å². The van der Waals surface area contributed by atoms with Crippen molar-refractivity contribution in [1.29, 1.82) is 0 Å². The number of carboxylic acids is 1. The lowest BCUT2D eigenvalue weighted by Gasteiger charge is -2.21. The Balaban J connectivity index is 2.09. The summed E-state index contributed by atoms with van der Waals surface area (Å²) < 4.78 is 2.20. The minimum absolute atomic E-state index is 0.147. The van der Waals surface area contributed by atoms with Crippen LogP contribution >= 0.6 is 0 Å². The molecule has 4 nitrogen and oxygen atoms in total. The summed E-state index contributed by atoms with van der Waals surface area (Å²) in [5, 5.41) is 13.9. The number of carboxylic acid groups (broad SMARTS) is 1. The van der Waals surface area contributed by atoms with Gasteiger partial charge in [-0.15, -0.1) is 0 Å². The zero-order valence-electron chi connectivity index (χ0n) is 14.6. The predicted octanol–water partition coefficient (Wildman–Crippen LogP) is 4.03. The first-order valence-corrected chi connectivity index (χ1v) is 8.35. The highest BCUT2D eigenvalue weighted by Gasteiger charge is 2.20. The van der Waals surface area contributed by atoms with Gasteiger partial charge < -0.3 is 15.0 Å². The Hall–Kier alpha value is -1.81. The number of rotatable bonds is 7. The molecule has 23 heavy (non-hydrogen) atoms. The van der Waals surface area contributed by atoms with E-state index in [9.17, 15) is 9.90 Å². The van der Waals surface area contributed by atoms with Gasteiger partial charge in [0.05, 0.1) is 0 Å². The lowest BCUT2D eigenvalue weighted by atomic mass is 9.88. The quantitative estimate of drug-likeness (QED) is 0.811. The highest BCUT2D eigenvalue weighted by atomic mass is 16.4. The molecule has 0 saturated carbocycles. The molecule has 1 heterocycles. The van der Waals surface area contributed by atoms with Gasteiger partial charge in [-0.3, -0.25) is 4.79 Å². The van der Waals surface area contributed by atoms with Crippen LogP contribution in [0.15, 0.2) is 30.5 Å². The number of fused-ring (bicyclic) bond motifs is 1. The van der Waals surface area contributed by atoms with Crippen molar-refractivity contribution in [2.45, 2.75) is 59.7 Å². The SMILES string of the molecule is CCn1ccc2c(CNC(CCC(C)(C)C)C(=O)O)cccc21. The maximum absolute atomic E-state index is 11.5. The van der Waals surface area contributed by atoms with E-state index in [0.29, 0.717) is 13.0 Å². The van der Waals surface area contributed by atoms with E-state index in [1.807, 2.05) is 6.07 Å². The lowest BCUT2D eigenvalue weighted by molar-refractivity contribution is -0.139. The van der Waals surface area contributed by atoms with Crippen molar-refractivity contribution >= 4 is 16.9 Å². The Bertz CT molecular complexity index is 668. The molecule has 1 unspecified atom stereocenters. The molecule has 0 saturated heterocycles. The van der Waals surface area contributed by atoms with Gasteiger partial charge in [-0.1, -0.05) is 32.9 Å². The van der Waals surface area contributed by atoms with Gasteiger partial charge in [-0.2, -0.15) is 0 Å². The molecule has 1 atom stereocenters. The van der Waals surface area contributed by atoms with Crippen LogP contribution in [0.5, 0.6) is 0 Å². The number of carbonyl (C=O) groups is 1. The number of aromatic nitrogens is 1. The van der Waals surface area contributed by atoms with E-state index in [4.69, 9.17) is 0 Å². The molecule has 126 valence electrons. The molecule has 0 spiro atoms. The van der Waals surface area contributed by atoms with Crippen molar-refractivity contribution < 1.29 is 9.90 Å². The van der Waals surface area contributed by atoms with Crippen LogP contribution in [0, 0.1) is 5.41 Å². The molecule has 2 aromatic rings. The summed E-state index contributed by atoms with van der Waals surface area (Å²) in [5.74, 6) is -0.771. The van der Waals surface area contributed by atoms with Gasteiger partial charge in [-0.05, 0) is 42.9 Å².